The van der Waals surface area contributed by atoms with E-state index in [9.17, 15) is 4.79 Å². The standard InChI is InChI=1S/C18H30N4OS.ClH/c19-10-7-16-21-15(13-24-16)17(23)20-14-18(8-3-1-4-9-18)22-11-5-2-6-12-22;/h13H,1-12,14,19H2,(H,20,23);1H. The minimum Gasteiger partial charge on any atom is -0.349 e. The number of aromatic nitrogens is 1. The lowest BCUT2D eigenvalue weighted by atomic mass is 9.79. The van der Waals surface area contributed by atoms with Crippen LogP contribution in [0.25, 0.3) is 0 Å². The van der Waals surface area contributed by atoms with E-state index in [4.69, 9.17) is 5.73 Å². The van der Waals surface area contributed by atoms with Gasteiger partial charge in [0.05, 0.1) is 5.01 Å². The Labute approximate surface area is 161 Å². The fourth-order valence-electron chi connectivity index (χ4n) is 4.17. The number of nitrogens with zero attached hydrogens (tertiary/aromatic N) is 2. The van der Waals surface area contributed by atoms with E-state index in [-0.39, 0.29) is 23.9 Å². The lowest BCUT2D eigenvalue weighted by Gasteiger charge is -2.48. The van der Waals surface area contributed by atoms with Crippen molar-refractivity contribution in [3.05, 3.63) is 16.1 Å². The van der Waals surface area contributed by atoms with Gasteiger partial charge in [-0.25, -0.2) is 4.98 Å². The summed E-state index contributed by atoms with van der Waals surface area (Å²) in [5.41, 5.74) is 6.28. The van der Waals surface area contributed by atoms with Gasteiger partial charge in [-0.3, -0.25) is 9.69 Å². The second kappa shape index (κ2) is 9.86. The van der Waals surface area contributed by atoms with Crippen LogP contribution in [0.5, 0.6) is 0 Å². The van der Waals surface area contributed by atoms with Crippen LogP contribution in [-0.4, -0.2) is 47.5 Å². The molecule has 2 aliphatic rings. The maximum atomic E-state index is 12.5. The van der Waals surface area contributed by atoms with Crippen molar-refractivity contribution in [3.63, 3.8) is 0 Å². The van der Waals surface area contributed by atoms with Crippen molar-refractivity contribution < 1.29 is 4.79 Å². The quantitative estimate of drug-likeness (QED) is 0.788. The van der Waals surface area contributed by atoms with Crippen molar-refractivity contribution >= 4 is 29.7 Å². The summed E-state index contributed by atoms with van der Waals surface area (Å²) in [6.07, 6.45) is 11.0. The molecule has 2 fully saturated rings. The van der Waals surface area contributed by atoms with E-state index in [1.54, 1.807) is 0 Å². The molecule has 0 aromatic carbocycles. The number of amides is 1. The van der Waals surface area contributed by atoms with Crippen LogP contribution in [0.2, 0.25) is 0 Å². The molecule has 1 amide bonds. The summed E-state index contributed by atoms with van der Waals surface area (Å²) in [5.74, 6) is -0.0310. The summed E-state index contributed by atoms with van der Waals surface area (Å²) in [7, 11) is 0. The topological polar surface area (TPSA) is 71.2 Å². The normalized spacial score (nSPS) is 20.7. The Morgan fingerprint density at radius 2 is 1.88 bits per heavy atom. The van der Waals surface area contributed by atoms with Crippen molar-refractivity contribution in [1.29, 1.82) is 0 Å². The first kappa shape index (κ1) is 20.6. The summed E-state index contributed by atoms with van der Waals surface area (Å²) in [6.45, 7) is 3.71. The molecule has 0 spiro atoms. The second-order valence-electron chi connectivity index (χ2n) is 7.18. The molecule has 0 bridgehead atoms. The number of thiazole rings is 1. The summed E-state index contributed by atoms with van der Waals surface area (Å²) in [5, 5.41) is 6.00. The van der Waals surface area contributed by atoms with Gasteiger partial charge < -0.3 is 11.1 Å². The zero-order valence-electron chi connectivity index (χ0n) is 15.0. The lowest BCUT2D eigenvalue weighted by Crippen LogP contribution is -2.58. The van der Waals surface area contributed by atoms with Gasteiger partial charge in [-0.2, -0.15) is 0 Å². The van der Waals surface area contributed by atoms with Gasteiger partial charge in [-0.1, -0.05) is 25.7 Å². The van der Waals surface area contributed by atoms with Gasteiger partial charge in [0.15, 0.2) is 0 Å². The highest BCUT2D eigenvalue weighted by atomic mass is 35.5. The molecule has 0 radical (unpaired) electrons. The Bertz CT molecular complexity index is 539. The van der Waals surface area contributed by atoms with Crippen LogP contribution in [0.4, 0.5) is 0 Å². The number of carbonyl (C=O) groups is 1. The molecular formula is C18H31ClN4OS. The molecule has 5 nitrogen and oxygen atoms in total. The van der Waals surface area contributed by atoms with E-state index in [0.29, 0.717) is 12.2 Å². The van der Waals surface area contributed by atoms with E-state index < -0.39 is 0 Å². The van der Waals surface area contributed by atoms with Crippen LogP contribution in [0, 0.1) is 0 Å². The van der Waals surface area contributed by atoms with E-state index in [0.717, 1.165) is 18.0 Å². The van der Waals surface area contributed by atoms with E-state index in [1.807, 2.05) is 5.38 Å². The number of nitrogens with one attached hydrogen (secondary N) is 1. The number of halogens is 1. The monoisotopic (exact) mass is 386 g/mol. The minimum absolute atomic E-state index is 0. The fraction of sp³-hybridized carbons (Fsp3) is 0.778. The van der Waals surface area contributed by atoms with Gasteiger partial charge in [0.2, 0.25) is 0 Å². The largest absolute Gasteiger partial charge is 0.349 e. The smallest absolute Gasteiger partial charge is 0.270 e. The zero-order valence-corrected chi connectivity index (χ0v) is 16.6. The molecule has 7 heteroatoms. The fourth-order valence-corrected chi connectivity index (χ4v) is 4.97. The molecule has 142 valence electrons. The Kier molecular flexibility index (Phi) is 8.13. The van der Waals surface area contributed by atoms with Crippen molar-refractivity contribution in [2.75, 3.05) is 26.2 Å². The summed E-state index contributed by atoms with van der Waals surface area (Å²) in [4.78, 5) is 19.6. The highest BCUT2D eigenvalue weighted by Crippen LogP contribution is 2.35. The molecule has 1 aromatic rings. The summed E-state index contributed by atoms with van der Waals surface area (Å²) >= 11 is 1.53. The third-order valence-corrected chi connectivity index (χ3v) is 6.44. The van der Waals surface area contributed by atoms with Gasteiger partial charge in [0.25, 0.3) is 5.91 Å². The molecule has 1 aromatic heterocycles. The van der Waals surface area contributed by atoms with Crippen molar-refractivity contribution in [2.24, 2.45) is 5.73 Å². The number of carbonyl (C=O) groups excluding carboxylic acids is 1. The highest BCUT2D eigenvalue weighted by molar-refractivity contribution is 7.09. The SMILES string of the molecule is Cl.NCCc1nc(C(=O)NCC2(N3CCCCC3)CCCCC2)cs1. The molecule has 25 heavy (non-hydrogen) atoms. The molecule has 0 atom stereocenters. The van der Waals surface area contributed by atoms with Crippen molar-refractivity contribution in [3.8, 4) is 0 Å². The van der Waals surface area contributed by atoms with Gasteiger partial charge >= 0.3 is 0 Å². The summed E-state index contributed by atoms with van der Waals surface area (Å²) < 4.78 is 0. The average Bonchev–Trinajstić information content (AvgIpc) is 3.10. The number of hydrogen-bond donors (Lipinski definition) is 2. The highest BCUT2D eigenvalue weighted by Gasteiger charge is 2.38. The van der Waals surface area contributed by atoms with E-state index >= 15 is 0 Å². The number of piperidine rings is 1. The van der Waals surface area contributed by atoms with Crippen molar-refractivity contribution in [2.45, 2.75) is 63.3 Å². The van der Waals surface area contributed by atoms with Gasteiger partial charge in [-0.15, -0.1) is 23.7 Å². The summed E-state index contributed by atoms with van der Waals surface area (Å²) in [6, 6.07) is 0. The first-order chi connectivity index (χ1) is 11.7. The zero-order chi connectivity index (χ0) is 16.8. The molecule has 1 saturated carbocycles. The van der Waals surface area contributed by atoms with Crippen LogP contribution >= 0.6 is 23.7 Å². The van der Waals surface area contributed by atoms with Gasteiger partial charge in [-0.05, 0) is 45.3 Å². The van der Waals surface area contributed by atoms with Gasteiger partial charge in [0, 0.05) is 23.9 Å². The maximum absolute atomic E-state index is 12.5. The maximum Gasteiger partial charge on any atom is 0.270 e. The van der Waals surface area contributed by atoms with Crippen LogP contribution < -0.4 is 11.1 Å². The van der Waals surface area contributed by atoms with E-state index in [1.165, 1.54) is 75.8 Å². The number of likely N-dealkylation sites (tertiary alicyclic amines) is 1. The van der Waals surface area contributed by atoms with Crippen LogP contribution in [-0.2, 0) is 6.42 Å². The average molecular weight is 387 g/mol. The van der Waals surface area contributed by atoms with Crippen LogP contribution in [0.15, 0.2) is 5.38 Å². The third kappa shape index (κ3) is 5.16. The molecule has 1 aliphatic carbocycles. The Morgan fingerprint density at radius 3 is 2.56 bits per heavy atom. The second-order valence-corrected chi connectivity index (χ2v) is 8.12. The Hall–Kier alpha value is -0.690. The Morgan fingerprint density at radius 1 is 1.20 bits per heavy atom. The predicted molar refractivity (Wildman–Crippen MR) is 106 cm³/mol. The number of rotatable bonds is 6. The van der Waals surface area contributed by atoms with Crippen LogP contribution in [0.1, 0.15) is 66.9 Å². The predicted octanol–water partition coefficient (Wildman–Crippen LogP) is 2.98. The molecular weight excluding hydrogens is 356 g/mol. The molecule has 3 N–H and O–H groups in total. The molecule has 2 heterocycles. The molecule has 1 aliphatic heterocycles. The third-order valence-electron chi connectivity index (χ3n) is 5.53. The minimum atomic E-state index is -0.0310. The van der Waals surface area contributed by atoms with Gasteiger partial charge in [0.1, 0.15) is 5.69 Å². The number of nitrogens with two attached hydrogens (primary N) is 1. The van der Waals surface area contributed by atoms with Crippen molar-refractivity contribution in [1.82, 2.24) is 15.2 Å². The lowest BCUT2D eigenvalue weighted by molar-refractivity contribution is 0.0326. The van der Waals surface area contributed by atoms with E-state index in [2.05, 4.69) is 15.2 Å². The molecule has 3 rings (SSSR count). The molecule has 1 saturated heterocycles. The first-order valence-electron chi connectivity index (χ1n) is 9.41. The number of hydrogen-bond acceptors (Lipinski definition) is 5. The van der Waals surface area contributed by atoms with Crippen LogP contribution in [0.3, 0.4) is 0 Å². The first-order valence-corrected chi connectivity index (χ1v) is 10.3. The molecule has 0 unspecified atom stereocenters. The Balaban J connectivity index is 0.00000225.